The molecule has 0 bridgehead atoms. The molecule has 13 heteroatoms. The van der Waals surface area contributed by atoms with Gasteiger partial charge in [0.25, 0.3) is 0 Å². The number of hydrogen-bond acceptors (Lipinski definition) is 8. The lowest BCUT2D eigenvalue weighted by Crippen LogP contribution is -2.59. The summed E-state index contributed by atoms with van der Waals surface area (Å²) >= 11 is 0. The van der Waals surface area contributed by atoms with Crippen molar-refractivity contribution in [2.45, 2.75) is 57.3 Å². The highest BCUT2D eigenvalue weighted by Crippen LogP contribution is 2.12. The molecule has 194 valence electrons. The Hall–Kier alpha value is -3.71. The van der Waals surface area contributed by atoms with E-state index in [0.717, 1.165) is 0 Å². The Labute approximate surface area is 201 Å². The van der Waals surface area contributed by atoms with Gasteiger partial charge in [0, 0.05) is 12.8 Å². The van der Waals surface area contributed by atoms with Gasteiger partial charge < -0.3 is 42.1 Å². The molecule has 0 spiro atoms. The van der Waals surface area contributed by atoms with E-state index in [9.17, 15) is 39.3 Å². The van der Waals surface area contributed by atoms with Crippen LogP contribution in [0.4, 0.5) is 0 Å². The molecule has 4 unspecified atom stereocenters. The summed E-state index contributed by atoms with van der Waals surface area (Å²) in [5, 5.41) is 43.9. The molecule has 0 heterocycles. The number of phenols is 1. The van der Waals surface area contributed by atoms with Crippen LogP contribution in [0.5, 0.6) is 5.75 Å². The van der Waals surface area contributed by atoms with Crippen molar-refractivity contribution in [3.05, 3.63) is 29.8 Å². The molecule has 1 aromatic rings. The van der Waals surface area contributed by atoms with Crippen molar-refractivity contribution in [1.82, 2.24) is 16.0 Å². The average molecular weight is 497 g/mol. The van der Waals surface area contributed by atoms with E-state index in [1.54, 1.807) is 13.8 Å². The first-order valence-corrected chi connectivity index (χ1v) is 10.9. The Balaban J connectivity index is 3.00. The largest absolute Gasteiger partial charge is 0.508 e. The topological polar surface area (TPSA) is 228 Å². The number of carboxylic acid groups (broad SMARTS) is 2. The molecule has 0 saturated heterocycles. The number of aliphatic hydroxyl groups excluding tert-OH is 1. The number of carboxylic acids is 2. The molecule has 13 nitrogen and oxygen atoms in total. The van der Waals surface area contributed by atoms with Gasteiger partial charge in [0.15, 0.2) is 0 Å². The molecule has 0 fully saturated rings. The summed E-state index contributed by atoms with van der Waals surface area (Å²) in [6.45, 7) is 2.54. The van der Waals surface area contributed by atoms with Crippen LogP contribution in [0, 0.1) is 5.92 Å². The standard InChI is InChI=1S/C22H32N4O9/c1-11(2)18(23)21(33)25-15(9-12-3-5-13(28)6-4-12)19(31)26-16(10-27)20(32)24-14(22(34)35)7-8-17(29)30/h3-6,11,14-16,18,27-28H,7-10,23H2,1-2H3,(H,24,32)(H,25,33)(H,26,31)(H,29,30)(H,34,35). The summed E-state index contributed by atoms with van der Waals surface area (Å²) in [4.78, 5) is 59.9. The fourth-order valence-corrected chi connectivity index (χ4v) is 2.91. The smallest absolute Gasteiger partial charge is 0.326 e. The van der Waals surface area contributed by atoms with E-state index in [2.05, 4.69) is 16.0 Å². The number of phenolic OH excluding ortho intramolecular Hbond substituents is 1. The molecule has 4 atom stereocenters. The number of carbonyl (C=O) groups is 5. The van der Waals surface area contributed by atoms with Gasteiger partial charge in [0.2, 0.25) is 17.7 Å². The van der Waals surface area contributed by atoms with Gasteiger partial charge in [-0.25, -0.2) is 4.79 Å². The SMILES string of the molecule is CC(C)C(N)C(=O)NC(Cc1ccc(O)cc1)C(=O)NC(CO)C(=O)NC(CCC(=O)O)C(=O)O. The molecule has 1 aromatic carbocycles. The summed E-state index contributed by atoms with van der Waals surface area (Å²) in [6, 6.07) is 0.556. The number of amides is 3. The Morgan fingerprint density at radius 2 is 1.37 bits per heavy atom. The summed E-state index contributed by atoms with van der Waals surface area (Å²) in [5.74, 6) is -5.51. The predicted octanol–water partition coefficient (Wildman–Crippen LogP) is -1.69. The van der Waals surface area contributed by atoms with Gasteiger partial charge >= 0.3 is 11.9 Å². The van der Waals surface area contributed by atoms with Crippen LogP contribution in [-0.2, 0) is 30.4 Å². The Kier molecular flexibility index (Phi) is 11.6. The van der Waals surface area contributed by atoms with Gasteiger partial charge in [-0.3, -0.25) is 19.2 Å². The van der Waals surface area contributed by atoms with Crippen LogP contribution in [0.1, 0.15) is 32.3 Å². The highest BCUT2D eigenvalue weighted by Gasteiger charge is 2.30. The first kappa shape index (κ1) is 29.3. The monoisotopic (exact) mass is 496 g/mol. The van der Waals surface area contributed by atoms with Gasteiger partial charge in [-0.1, -0.05) is 26.0 Å². The normalized spacial score (nSPS) is 14.3. The zero-order valence-corrected chi connectivity index (χ0v) is 19.4. The van der Waals surface area contributed by atoms with Crippen molar-refractivity contribution in [1.29, 1.82) is 0 Å². The third-order valence-electron chi connectivity index (χ3n) is 5.11. The molecule has 0 radical (unpaired) electrons. The number of aromatic hydroxyl groups is 1. The predicted molar refractivity (Wildman–Crippen MR) is 122 cm³/mol. The molecular weight excluding hydrogens is 464 g/mol. The van der Waals surface area contributed by atoms with Crippen LogP contribution >= 0.6 is 0 Å². The summed E-state index contributed by atoms with van der Waals surface area (Å²) in [6.07, 6.45) is -0.974. The molecule has 0 aliphatic rings. The summed E-state index contributed by atoms with van der Waals surface area (Å²) < 4.78 is 0. The lowest BCUT2D eigenvalue weighted by atomic mass is 10.0. The van der Waals surface area contributed by atoms with Crippen molar-refractivity contribution in [3.63, 3.8) is 0 Å². The maximum absolute atomic E-state index is 12.9. The molecule has 35 heavy (non-hydrogen) atoms. The number of hydrogen-bond donors (Lipinski definition) is 8. The lowest BCUT2D eigenvalue weighted by molar-refractivity contribution is -0.143. The van der Waals surface area contributed by atoms with Crippen LogP contribution in [0.3, 0.4) is 0 Å². The zero-order valence-electron chi connectivity index (χ0n) is 19.4. The van der Waals surface area contributed by atoms with Crippen molar-refractivity contribution in [2.75, 3.05) is 6.61 Å². The number of nitrogens with two attached hydrogens (primary N) is 1. The first-order valence-electron chi connectivity index (χ1n) is 10.9. The van der Waals surface area contributed by atoms with Crippen molar-refractivity contribution in [2.24, 2.45) is 11.7 Å². The number of aliphatic hydroxyl groups is 1. The van der Waals surface area contributed by atoms with Gasteiger partial charge in [-0.05, 0) is 30.0 Å². The van der Waals surface area contributed by atoms with Crippen LogP contribution < -0.4 is 21.7 Å². The fourth-order valence-electron chi connectivity index (χ4n) is 2.91. The molecule has 3 amide bonds. The van der Waals surface area contributed by atoms with E-state index >= 15 is 0 Å². The number of carbonyl (C=O) groups excluding carboxylic acids is 3. The van der Waals surface area contributed by atoms with Gasteiger partial charge in [0.05, 0.1) is 12.6 Å². The molecule has 0 aliphatic heterocycles. The maximum Gasteiger partial charge on any atom is 0.326 e. The van der Waals surface area contributed by atoms with Crippen LogP contribution in [-0.4, -0.2) is 80.9 Å². The number of aliphatic carboxylic acids is 2. The van der Waals surface area contributed by atoms with Crippen LogP contribution in [0.2, 0.25) is 0 Å². The highest BCUT2D eigenvalue weighted by molar-refractivity contribution is 5.94. The number of benzene rings is 1. The minimum Gasteiger partial charge on any atom is -0.508 e. The molecule has 9 N–H and O–H groups in total. The molecule has 0 saturated carbocycles. The zero-order chi connectivity index (χ0) is 26.7. The third-order valence-corrected chi connectivity index (χ3v) is 5.11. The molecular formula is C22H32N4O9. The van der Waals surface area contributed by atoms with Crippen molar-refractivity contribution in [3.8, 4) is 5.75 Å². The van der Waals surface area contributed by atoms with Crippen molar-refractivity contribution < 1.29 is 44.4 Å². The summed E-state index contributed by atoms with van der Waals surface area (Å²) in [5.41, 5.74) is 6.41. The summed E-state index contributed by atoms with van der Waals surface area (Å²) in [7, 11) is 0. The van der Waals surface area contributed by atoms with E-state index in [-0.39, 0.29) is 18.1 Å². The Morgan fingerprint density at radius 3 is 1.86 bits per heavy atom. The van der Waals surface area contributed by atoms with Crippen LogP contribution in [0.15, 0.2) is 24.3 Å². The van der Waals surface area contributed by atoms with E-state index in [1.807, 2.05) is 0 Å². The Bertz CT molecular complexity index is 905. The number of nitrogens with one attached hydrogen (secondary N) is 3. The van der Waals surface area contributed by atoms with E-state index in [0.29, 0.717) is 5.56 Å². The minimum atomic E-state index is -1.58. The Morgan fingerprint density at radius 1 is 0.857 bits per heavy atom. The van der Waals surface area contributed by atoms with Gasteiger partial charge in [-0.2, -0.15) is 0 Å². The quantitative estimate of drug-likeness (QED) is 0.146. The number of rotatable bonds is 14. The highest BCUT2D eigenvalue weighted by atomic mass is 16.4. The first-order chi connectivity index (χ1) is 16.3. The second kappa shape index (κ2) is 13.9. The molecule has 0 aliphatic carbocycles. The van der Waals surface area contributed by atoms with Crippen molar-refractivity contribution >= 4 is 29.7 Å². The average Bonchev–Trinajstić information content (AvgIpc) is 2.79. The minimum absolute atomic E-state index is 0.00600. The van der Waals surface area contributed by atoms with E-state index < -0.39 is 73.3 Å². The molecule has 1 rings (SSSR count). The van der Waals surface area contributed by atoms with Gasteiger partial charge in [-0.15, -0.1) is 0 Å². The molecule has 0 aromatic heterocycles. The van der Waals surface area contributed by atoms with Gasteiger partial charge in [0.1, 0.15) is 23.9 Å². The second-order valence-corrected chi connectivity index (χ2v) is 8.28. The van der Waals surface area contributed by atoms with Crippen LogP contribution in [0.25, 0.3) is 0 Å². The van der Waals surface area contributed by atoms with E-state index in [4.69, 9.17) is 10.8 Å². The third kappa shape index (κ3) is 9.98. The maximum atomic E-state index is 12.9. The lowest BCUT2D eigenvalue weighted by Gasteiger charge is -2.25. The van der Waals surface area contributed by atoms with E-state index in [1.165, 1.54) is 24.3 Å². The second-order valence-electron chi connectivity index (χ2n) is 8.28. The fraction of sp³-hybridized carbons (Fsp3) is 0.500.